The number of aromatic nitrogens is 3. The first-order valence-corrected chi connectivity index (χ1v) is 22.1. The summed E-state index contributed by atoms with van der Waals surface area (Å²) in [7, 11) is 0. The maximum Gasteiger partial charge on any atom is 0.0701 e. The maximum absolute atomic E-state index is 2.48. The minimum atomic E-state index is -0.568. The van der Waals surface area contributed by atoms with Gasteiger partial charge < -0.3 is 13.7 Å². The molecular formula is C61H41N3. The van der Waals surface area contributed by atoms with Gasteiger partial charge in [0.1, 0.15) is 0 Å². The van der Waals surface area contributed by atoms with Crippen LogP contribution in [0.25, 0.3) is 82.5 Å². The Balaban J connectivity index is 1.13. The molecule has 0 spiro atoms. The van der Waals surface area contributed by atoms with Crippen molar-refractivity contribution in [3.63, 3.8) is 0 Å². The van der Waals surface area contributed by atoms with Crippen molar-refractivity contribution in [2.75, 3.05) is 0 Å². The van der Waals surface area contributed by atoms with E-state index in [-0.39, 0.29) is 0 Å². The average molecular weight is 816 g/mol. The van der Waals surface area contributed by atoms with Gasteiger partial charge in [-0.25, -0.2) is 0 Å². The summed E-state index contributed by atoms with van der Waals surface area (Å²) in [4.78, 5) is 0. The monoisotopic (exact) mass is 815 g/mol. The van der Waals surface area contributed by atoms with Crippen LogP contribution in [0.3, 0.4) is 0 Å². The second-order valence-electron chi connectivity index (χ2n) is 16.9. The van der Waals surface area contributed by atoms with E-state index in [1.807, 2.05) is 0 Å². The number of para-hydroxylation sites is 5. The lowest BCUT2D eigenvalue weighted by Crippen LogP contribution is -2.30. The molecule has 3 aromatic heterocycles. The van der Waals surface area contributed by atoms with Crippen LogP contribution in [-0.2, 0) is 5.41 Å². The molecule has 300 valence electrons. The predicted octanol–water partition coefficient (Wildman–Crippen LogP) is 15.4. The zero-order chi connectivity index (χ0) is 42.2. The molecule has 0 saturated carbocycles. The molecule has 13 aromatic rings. The number of benzene rings is 10. The van der Waals surface area contributed by atoms with Crippen LogP contribution >= 0.6 is 0 Å². The minimum Gasteiger partial charge on any atom is -0.309 e. The van der Waals surface area contributed by atoms with E-state index in [9.17, 15) is 0 Å². The summed E-state index contributed by atoms with van der Waals surface area (Å²) < 4.78 is 7.38. The van der Waals surface area contributed by atoms with Crippen molar-refractivity contribution in [1.29, 1.82) is 0 Å². The summed E-state index contributed by atoms with van der Waals surface area (Å²) in [5.41, 5.74) is 14.7. The lowest BCUT2D eigenvalue weighted by Gasteiger charge is -2.37. The Labute approximate surface area is 370 Å². The van der Waals surface area contributed by atoms with E-state index < -0.39 is 5.41 Å². The molecule has 3 heterocycles. The van der Waals surface area contributed by atoms with Crippen LogP contribution in [0.5, 0.6) is 0 Å². The highest BCUT2D eigenvalue weighted by molar-refractivity contribution is 6.12. The minimum absolute atomic E-state index is 0.568. The highest BCUT2D eigenvalue weighted by Gasteiger charge is 2.38. The molecule has 0 aliphatic rings. The van der Waals surface area contributed by atoms with E-state index in [4.69, 9.17) is 0 Å². The fourth-order valence-corrected chi connectivity index (χ4v) is 10.9. The van der Waals surface area contributed by atoms with E-state index in [1.54, 1.807) is 0 Å². The molecule has 10 aromatic carbocycles. The molecule has 0 atom stereocenters. The normalized spacial score (nSPS) is 12.1. The van der Waals surface area contributed by atoms with E-state index in [1.165, 1.54) is 76.6 Å². The maximum atomic E-state index is 2.48. The lowest BCUT2D eigenvalue weighted by molar-refractivity contribution is 0.746. The first kappa shape index (κ1) is 36.3. The Kier molecular flexibility index (Phi) is 8.13. The molecule has 0 unspecified atom stereocenters. The smallest absolute Gasteiger partial charge is 0.0701 e. The fraction of sp³-hybridized carbons (Fsp3) is 0.0164. The standard InChI is InChI=1S/C61H41N3/c1-4-20-42(21-5-1)61(43-22-6-2-7-23-43,44-24-8-3-9-25-44)45-36-37-60-54(38-45)53-30-14-19-35-59(53)64(60)48-40-46(62-55-31-15-10-26-49(55)50-27-11-16-32-56(50)62)39-47(41-48)63-57-33-17-12-28-51(57)52-29-13-18-34-58(52)63/h1-41H. The van der Waals surface area contributed by atoms with Crippen LogP contribution in [0.1, 0.15) is 22.3 Å². The van der Waals surface area contributed by atoms with Crippen LogP contribution in [-0.4, -0.2) is 13.7 Å². The zero-order valence-electron chi connectivity index (χ0n) is 35.0. The van der Waals surface area contributed by atoms with Gasteiger partial charge in [-0.05, 0) is 82.9 Å². The van der Waals surface area contributed by atoms with E-state index in [2.05, 4.69) is 262 Å². The molecule has 0 amide bonds. The topological polar surface area (TPSA) is 14.8 Å². The van der Waals surface area contributed by atoms with Crippen molar-refractivity contribution in [1.82, 2.24) is 13.7 Å². The fourth-order valence-electron chi connectivity index (χ4n) is 10.9. The second-order valence-corrected chi connectivity index (χ2v) is 16.9. The Morgan fingerprint density at radius 3 is 0.797 bits per heavy atom. The van der Waals surface area contributed by atoms with Crippen molar-refractivity contribution in [2.24, 2.45) is 0 Å². The van der Waals surface area contributed by atoms with Crippen molar-refractivity contribution < 1.29 is 0 Å². The van der Waals surface area contributed by atoms with Crippen LogP contribution in [0.4, 0.5) is 0 Å². The molecule has 0 N–H and O–H groups in total. The summed E-state index contributed by atoms with van der Waals surface area (Å²) in [5, 5.41) is 7.38. The summed E-state index contributed by atoms with van der Waals surface area (Å²) in [6.45, 7) is 0. The molecule has 13 rings (SSSR count). The van der Waals surface area contributed by atoms with Gasteiger partial charge in [-0.1, -0.05) is 188 Å². The second kappa shape index (κ2) is 14.3. The highest BCUT2D eigenvalue weighted by Crippen LogP contribution is 2.47. The van der Waals surface area contributed by atoms with Crippen molar-refractivity contribution in [3.8, 4) is 17.1 Å². The summed E-state index contributed by atoms with van der Waals surface area (Å²) in [6, 6.07) is 91.5. The molecule has 0 fully saturated rings. The van der Waals surface area contributed by atoms with Crippen LogP contribution in [0.2, 0.25) is 0 Å². The lowest BCUT2D eigenvalue weighted by atomic mass is 9.65. The number of nitrogens with zero attached hydrogens (tertiary/aromatic N) is 3. The van der Waals surface area contributed by atoms with Gasteiger partial charge in [-0.15, -0.1) is 0 Å². The molecule has 64 heavy (non-hydrogen) atoms. The third-order valence-corrected chi connectivity index (χ3v) is 13.5. The van der Waals surface area contributed by atoms with Crippen molar-refractivity contribution >= 4 is 65.4 Å². The van der Waals surface area contributed by atoms with Crippen molar-refractivity contribution in [3.05, 3.63) is 271 Å². The Hall–Kier alpha value is -8.40. The van der Waals surface area contributed by atoms with E-state index in [0.717, 1.165) is 28.1 Å². The van der Waals surface area contributed by atoms with Gasteiger partial charge >= 0.3 is 0 Å². The number of hydrogen-bond donors (Lipinski definition) is 0. The summed E-state index contributed by atoms with van der Waals surface area (Å²) in [5.74, 6) is 0. The average Bonchev–Trinajstić information content (AvgIpc) is 4.01. The molecule has 0 aliphatic carbocycles. The van der Waals surface area contributed by atoms with Gasteiger partial charge in [-0.3, -0.25) is 0 Å². The zero-order valence-corrected chi connectivity index (χ0v) is 35.0. The Bertz CT molecular complexity index is 3550. The van der Waals surface area contributed by atoms with Gasteiger partial charge in [0.2, 0.25) is 0 Å². The van der Waals surface area contributed by atoms with Gasteiger partial charge in [0.25, 0.3) is 0 Å². The number of rotatable bonds is 7. The van der Waals surface area contributed by atoms with E-state index >= 15 is 0 Å². The highest BCUT2D eigenvalue weighted by atomic mass is 15.0. The summed E-state index contributed by atoms with van der Waals surface area (Å²) in [6.07, 6.45) is 0. The largest absolute Gasteiger partial charge is 0.309 e. The quantitative estimate of drug-likeness (QED) is 0.142. The molecule has 0 bridgehead atoms. The molecule has 3 nitrogen and oxygen atoms in total. The van der Waals surface area contributed by atoms with Crippen LogP contribution in [0.15, 0.2) is 249 Å². The molecule has 0 radical (unpaired) electrons. The molecule has 0 saturated heterocycles. The first-order chi connectivity index (χ1) is 31.8. The number of fused-ring (bicyclic) bond motifs is 9. The summed E-state index contributed by atoms with van der Waals surface area (Å²) >= 11 is 0. The van der Waals surface area contributed by atoms with E-state index in [0.29, 0.717) is 0 Å². The van der Waals surface area contributed by atoms with Gasteiger partial charge in [-0.2, -0.15) is 0 Å². The van der Waals surface area contributed by atoms with Crippen LogP contribution < -0.4 is 0 Å². The Morgan fingerprint density at radius 1 is 0.203 bits per heavy atom. The third-order valence-electron chi connectivity index (χ3n) is 13.5. The van der Waals surface area contributed by atoms with Crippen LogP contribution in [0, 0.1) is 0 Å². The van der Waals surface area contributed by atoms with Gasteiger partial charge in [0.05, 0.1) is 55.6 Å². The van der Waals surface area contributed by atoms with Gasteiger partial charge in [0.15, 0.2) is 0 Å². The number of hydrogen-bond acceptors (Lipinski definition) is 0. The third kappa shape index (κ3) is 5.28. The predicted molar refractivity (Wildman–Crippen MR) is 268 cm³/mol. The molecular weight excluding hydrogens is 775 g/mol. The van der Waals surface area contributed by atoms with Gasteiger partial charge in [0, 0.05) is 32.3 Å². The SMILES string of the molecule is c1ccc(C(c2ccccc2)(c2ccccc2)c2ccc3c(c2)c2ccccc2n3-c2cc(-n3c4ccccc4c4ccccc43)cc(-n3c4ccccc4c4ccccc43)c2)cc1. The molecule has 3 heteroatoms. The molecule has 0 aliphatic heterocycles. The Morgan fingerprint density at radius 2 is 0.469 bits per heavy atom. The van der Waals surface area contributed by atoms with Crippen molar-refractivity contribution in [2.45, 2.75) is 5.41 Å². The first-order valence-electron chi connectivity index (χ1n) is 22.1.